The molecule has 2 rings (SSSR count). The first-order chi connectivity index (χ1) is 9.58. The van der Waals surface area contributed by atoms with Gasteiger partial charge in [0.1, 0.15) is 0 Å². The molecule has 1 heterocycles. The Morgan fingerprint density at radius 2 is 1.95 bits per heavy atom. The maximum Gasteiger partial charge on any atom is 0.216 e. The zero-order valence-corrected chi connectivity index (χ0v) is 12.9. The molecule has 0 aliphatic carbocycles. The minimum Gasteiger partial charge on any atom is -0.354 e. The molecule has 1 aromatic carbocycles. The Morgan fingerprint density at radius 1 is 1.30 bits per heavy atom. The Bertz CT molecular complexity index is 458. The van der Waals surface area contributed by atoms with Crippen molar-refractivity contribution in [3.8, 4) is 0 Å². The molecule has 1 N–H and O–H groups in total. The fourth-order valence-electron chi connectivity index (χ4n) is 2.56. The quantitative estimate of drug-likeness (QED) is 0.919. The van der Waals surface area contributed by atoms with Gasteiger partial charge in [-0.1, -0.05) is 29.8 Å². The van der Waals surface area contributed by atoms with Crippen molar-refractivity contribution in [2.45, 2.75) is 13.0 Å². The number of hydrogen-bond donors (Lipinski definition) is 1. The number of carbonyl (C=O) groups excluding carboxylic acids is 1. The fourth-order valence-corrected chi connectivity index (χ4v) is 2.82. The van der Waals surface area contributed by atoms with Crippen LogP contribution in [0.25, 0.3) is 0 Å². The third kappa shape index (κ3) is 3.95. The summed E-state index contributed by atoms with van der Waals surface area (Å²) in [5.41, 5.74) is 1.09. The highest BCUT2D eigenvalue weighted by molar-refractivity contribution is 6.31. The number of piperazine rings is 1. The van der Waals surface area contributed by atoms with Gasteiger partial charge in [0.15, 0.2) is 0 Å². The monoisotopic (exact) mass is 295 g/mol. The lowest BCUT2D eigenvalue weighted by molar-refractivity contribution is -0.119. The van der Waals surface area contributed by atoms with Crippen LogP contribution in [0, 0.1) is 0 Å². The SMILES string of the molecule is CC(=O)NCC(c1ccccc1Cl)N1CCN(C)CC1. The van der Waals surface area contributed by atoms with Crippen molar-refractivity contribution in [3.05, 3.63) is 34.9 Å². The molecule has 1 aromatic rings. The van der Waals surface area contributed by atoms with Crippen LogP contribution in [0.15, 0.2) is 24.3 Å². The predicted molar refractivity (Wildman–Crippen MR) is 81.9 cm³/mol. The van der Waals surface area contributed by atoms with E-state index in [0.717, 1.165) is 36.8 Å². The number of nitrogens with one attached hydrogen (secondary N) is 1. The van der Waals surface area contributed by atoms with E-state index in [1.807, 2.05) is 24.3 Å². The second-order valence-electron chi connectivity index (χ2n) is 5.31. The van der Waals surface area contributed by atoms with Crippen LogP contribution in [-0.2, 0) is 4.79 Å². The summed E-state index contributed by atoms with van der Waals surface area (Å²) in [5, 5.41) is 3.69. The standard InChI is InChI=1S/C15H22ClN3O/c1-12(20)17-11-15(13-5-3-4-6-14(13)16)19-9-7-18(2)8-10-19/h3-6,15H,7-11H2,1-2H3,(H,17,20). The summed E-state index contributed by atoms with van der Waals surface area (Å²) in [6, 6.07) is 8.03. The van der Waals surface area contributed by atoms with E-state index in [4.69, 9.17) is 11.6 Å². The maximum atomic E-state index is 11.2. The molecule has 0 aromatic heterocycles. The van der Waals surface area contributed by atoms with Gasteiger partial charge in [-0.25, -0.2) is 0 Å². The van der Waals surface area contributed by atoms with Gasteiger partial charge in [0.05, 0.1) is 6.04 Å². The van der Waals surface area contributed by atoms with Gasteiger partial charge in [0, 0.05) is 44.7 Å². The molecule has 5 heteroatoms. The number of rotatable bonds is 4. The fraction of sp³-hybridized carbons (Fsp3) is 0.533. The molecular weight excluding hydrogens is 274 g/mol. The molecule has 1 fully saturated rings. The van der Waals surface area contributed by atoms with Gasteiger partial charge in [-0.05, 0) is 18.7 Å². The van der Waals surface area contributed by atoms with Crippen LogP contribution >= 0.6 is 11.6 Å². The van der Waals surface area contributed by atoms with Gasteiger partial charge in [0.2, 0.25) is 5.91 Å². The highest BCUT2D eigenvalue weighted by Crippen LogP contribution is 2.27. The summed E-state index contributed by atoms with van der Waals surface area (Å²) in [6.45, 7) is 6.22. The molecule has 4 nitrogen and oxygen atoms in total. The highest BCUT2D eigenvalue weighted by atomic mass is 35.5. The Balaban J connectivity index is 2.16. The Kier molecular flexibility index (Phi) is 5.40. The second kappa shape index (κ2) is 7.07. The van der Waals surface area contributed by atoms with Crippen molar-refractivity contribution >= 4 is 17.5 Å². The Labute approximate surface area is 125 Å². The van der Waals surface area contributed by atoms with Crippen LogP contribution in [0.2, 0.25) is 5.02 Å². The highest BCUT2D eigenvalue weighted by Gasteiger charge is 2.25. The molecule has 1 unspecified atom stereocenters. The van der Waals surface area contributed by atoms with Crippen LogP contribution < -0.4 is 5.32 Å². The van der Waals surface area contributed by atoms with Crippen LogP contribution in [0.4, 0.5) is 0 Å². The molecule has 0 saturated carbocycles. The molecule has 1 saturated heterocycles. The summed E-state index contributed by atoms with van der Waals surface area (Å²) in [7, 11) is 2.13. The van der Waals surface area contributed by atoms with Crippen LogP contribution in [0.5, 0.6) is 0 Å². The van der Waals surface area contributed by atoms with E-state index in [2.05, 4.69) is 22.2 Å². The predicted octanol–water partition coefficient (Wildman–Crippen LogP) is 1.76. The summed E-state index contributed by atoms with van der Waals surface area (Å²) < 4.78 is 0. The van der Waals surface area contributed by atoms with Crippen molar-refractivity contribution in [1.82, 2.24) is 15.1 Å². The van der Waals surface area contributed by atoms with Gasteiger partial charge in [0.25, 0.3) is 0 Å². The number of hydrogen-bond acceptors (Lipinski definition) is 3. The average Bonchev–Trinajstić information content (AvgIpc) is 2.42. The normalized spacial score (nSPS) is 18.8. The van der Waals surface area contributed by atoms with Gasteiger partial charge in [-0.2, -0.15) is 0 Å². The molecule has 1 atom stereocenters. The number of likely N-dealkylation sites (N-methyl/N-ethyl adjacent to an activating group) is 1. The number of halogens is 1. The summed E-state index contributed by atoms with van der Waals surface area (Å²) in [5.74, 6) is -0.00354. The van der Waals surface area contributed by atoms with Crippen molar-refractivity contribution in [3.63, 3.8) is 0 Å². The van der Waals surface area contributed by atoms with Crippen LogP contribution in [-0.4, -0.2) is 55.5 Å². The van der Waals surface area contributed by atoms with Crippen molar-refractivity contribution in [1.29, 1.82) is 0 Å². The third-order valence-corrected chi connectivity index (χ3v) is 4.13. The topological polar surface area (TPSA) is 35.6 Å². The number of benzene rings is 1. The Hall–Kier alpha value is -1.10. The van der Waals surface area contributed by atoms with Crippen molar-refractivity contribution < 1.29 is 4.79 Å². The molecule has 0 radical (unpaired) electrons. The summed E-state index contributed by atoms with van der Waals surface area (Å²) in [6.07, 6.45) is 0. The lowest BCUT2D eigenvalue weighted by Gasteiger charge is -2.38. The second-order valence-corrected chi connectivity index (χ2v) is 5.72. The minimum absolute atomic E-state index is 0.00354. The first-order valence-corrected chi connectivity index (χ1v) is 7.37. The maximum absolute atomic E-state index is 11.2. The van der Waals surface area contributed by atoms with E-state index in [1.54, 1.807) is 6.92 Å². The molecule has 110 valence electrons. The van der Waals surface area contributed by atoms with Gasteiger partial charge in [-0.15, -0.1) is 0 Å². The molecule has 1 aliphatic heterocycles. The first kappa shape index (κ1) is 15.3. The summed E-state index contributed by atoms with van der Waals surface area (Å²) >= 11 is 6.33. The van der Waals surface area contributed by atoms with E-state index in [-0.39, 0.29) is 11.9 Å². The smallest absolute Gasteiger partial charge is 0.216 e. The first-order valence-electron chi connectivity index (χ1n) is 6.99. The zero-order chi connectivity index (χ0) is 14.5. The van der Waals surface area contributed by atoms with Crippen molar-refractivity contribution in [2.24, 2.45) is 0 Å². The molecule has 0 spiro atoms. The summed E-state index contributed by atoms with van der Waals surface area (Å²) in [4.78, 5) is 15.9. The van der Waals surface area contributed by atoms with Crippen LogP contribution in [0.1, 0.15) is 18.5 Å². The number of amides is 1. The zero-order valence-electron chi connectivity index (χ0n) is 12.1. The van der Waals surface area contributed by atoms with E-state index in [9.17, 15) is 4.79 Å². The van der Waals surface area contributed by atoms with Crippen molar-refractivity contribution in [2.75, 3.05) is 39.8 Å². The molecule has 20 heavy (non-hydrogen) atoms. The lowest BCUT2D eigenvalue weighted by atomic mass is 10.0. The van der Waals surface area contributed by atoms with E-state index >= 15 is 0 Å². The van der Waals surface area contributed by atoms with Gasteiger partial charge < -0.3 is 10.2 Å². The van der Waals surface area contributed by atoms with Crippen LogP contribution in [0.3, 0.4) is 0 Å². The Morgan fingerprint density at radius 3 is 2.55 bits per heavy atom. The molecule has 0 bridgehead atoms. The molecule has 1 aliphatic rings. The average molecular weight is 296 g/mol. The van der Waals surface area contributed by atoms with Gasteiger partial charge >= 0.3 is 0 Å². The molecule has 1 amide bonds. The van der Waals surface area contributed by atoms with E-state index in [0.29, 0.717) is 6.54 Å². The van der Waals surface area contributed by atoms with E-state index in [1.165, 1.54) is 0 Å². The largest absolute Gasteiger partial charge is 0.354 e. The lowest BCUT2D eigenvalue weighted by Crippen LogP contribution is -2.48. The third-order valence-electron chi connectivity index (χ3n) is 3.79. The number of nitrogens with zero attached hydrogens (tertiary/aromatic N) is 2. The van der Waals surface area contributed by atoms with E-state index < -0.39 is 0 Å². The van der Waals surface area contributed by atoms with Gasteiger partial charge in [-0.3, -0.25) is 9.69 Å². The number of carbonyl (C=O) groups is 1. The minimum atomic E-state index is -0.00354. The molecular formula is C15H22ClN3O.